The molecule has 2 heterocycles. The van der Waals surface area contributed by atoms with Crippen LogP contribution in [0, 0.1) is 5.92 Å². The van der Waals surface area contributed by atoms with Gasteiger partial charge in [-0.05, 0) is 57.3 Å². The fraction of sp³-hybridized carbons (Fsp3) is 0.700. The quantitative estimate of drug-likeness (QED) is 0.181. The standard InChI is InChI=1S/C30H47NO10/c1-8-17(2)13-30(38)24(35)12-23(34)29(6)14-20(5)25(41-29)19(4)11-18(3)9-10-21(16-32)40-27(36)26(39-7)22(33)15-31-28(30)37/h9,11,14,17,21-23,25-26,32-34,38H,8,10,12-13,15-16H2,1-7H3,(H,31,37)/b18-9+,19-11+/t17-,21-,22-,23+,25+,26+,29+,30-/m0/s1. The van der Waals surface area contributed by atoms with Gasteiger partial charge in [0.15, 0.2) is 11.9 Å². The summed E-state index contributed by atoms with van der Waals surface area (Å²) in [5.74, 6) is -3.14. The predicted octanol–water partition coefficient (Wildman–Crippen LogP) is 1.27. The lowest BCUT2D eigenvalue weighted by Gasteiger charge is -2.33. The van der Waals surface area contributed by atoms with Gasteiger partial charge in [0.1, 0.15) is 23.9 Å². The summed E-state index contributed by atoms with van der Waals surface area (Å²) in [5.41, 5.74) is -1.32. The van der Waals surface area contributed by atoms with Crippen molar-refractivity contribution >= 4 is 17.7 Å². The van der Waals surface area contributed by atoms with Crippen LogP contribution in [-0.4, -0.2) is 100 Å². The molecule has 8 atom stereocenters. The maximum atomic E-state index is 13.5. The molecule has 2 rings (SSSR count). The lowest BCUT2D eigenvalue weighted by atomic mass is 9.81. The Morgan fingerprint density at radius 3 is 2.41 bits per heavy atom. The zero-order chi connectivity index (χ0) is 31.1. The topological polar surface area (TPSA) is 172 Å². The highest BCUT2D eigenvalue weighted by molar-refractivity contribution is 6.09. The molecule has 0 spiro atoms. The van der Waals surface area contributed by atoms with Crippen molar-refractivity contribution in [1.82, 2.24) is 5.32 Å². The lowest BCUT2D eigenvalue weighted by Crippen LogP contribution is -2.57. The van der Waals surface area contributed by atoms with Gasteiger partial charge in [-0.15, -0.1) is 0 Å². The Balaban J connectivity index is 2.51. The van der Waals surface area contributed by atoms with Crippen LogP contribution in [0.3, 0.4) is 0 Å². The summed E-state index contributed by atoms with van der Waals surface area (Å²) >= 11 is 0. The van der Waals surface area contributed by atoms with Gasteiger partial charge in [-0.3, -0.25) is 9.59 Å². The van der Waals surface area contributed by atoms with Crippen LogP contribution in [0.25, 0.3) is 0 Å². The third kappa shape index (κ3) is 8.56. The minimum absolute atomic E-state index is 0.183. The minimum Gasteiger partial charge on any atom is -0.458 e. The van der Waals surface area contributed by atoms with E-state index in [4.69, 9.17) is 14.2 Å². The van der Waals surface area contributed by atoms with Crippen LogP contribution >= 0.6 is 0 Å². The number of allylic oxidation sites excluding steroid dienone is 2. The summed E-state index contributed by atoms with van der Waals surface area (Å²) in [7, 11) is 1.18. The van der Waals surface area contributed by atoms with Gasteiger partial charge in [0.25, 0.3) is 5.91 Å². The molecule has 0 fully saturated rings. The Kier molecular flexibility index (Phi) is 12.4. The highest BCUT2D eigenvalue weighted by Gasteiger charge is 2.48. The second-order valence-corrected chi connectivity index (χ2v) is 11.5. The Labute approximate surface area is 242 Å². The zero-order valence-electron chi connectivity index (χ0n) is 25.2. The third-order valence-corrected chi connectivity index (χ3v) is 7.88. The zero-order valence-corrected chi connectivity index (χ0v) is 25.2. The summed E-state index contributed by atoms with van der Waals surface area (Å²) in [6.07, 6.45) is -0.504. The van der Waals surface area contributed by atoms with Crippen molar-refractivity contribution in [3.63, 3.8) is 0 Å². The van der Waals surface area contributed by atoms with Crippen molar-refractivity contribution < 1.29 is 49.0 Å². The molecule has 0 unspecified atom stereocenters. The van der Waals surface area contributed by atoms with E-state index in [0.717, 1.165) is 16.7 Å². The molecular formula is C30H47NO10. The highest BCUT2D eigenvalue weighted by Crippen LogP contribution is 2.37. The van der Waals surface area contributed by atoms with Crippen LogP contribution in [0.2, 0.25) is 0 Å². The molecule has 5 N–H and O–H groups in total. The van der Waals surface area contributed by atoms with Crippen molar-refractivity contribution in [2.24, 2.45) is 5.92 Å². The molecule has 11 nitrogen and oxygen atoms in total. The van der Waals surface area contributed by atoms with Crippen LogP contribution < -0.4 is 5.32 Å². The Morgan fingerprint density at radius 2 is 1.83 bits per heavy atom. The molecule has 0 radical (unpaired) electrons. The van der Waals surface area contributed by atoms with E-state index in [2.05, 4.69) is 5.32 Å². The number of rotatable bonds is 5. The van der Waals surface area contributed by atoms with Gasteiger partial charge in [0, 0.05) is 26.5 Å². The van der Waals surface area contributed by atoms with Crippen LogP contribution in [0.5, 0.6) is 0 Å². The number of carbonyl (C=O) groups is 3. The second kappa shape index (κ2) is 14.7. The van der Waals surface area contributed by atoms with Gasteiger partial charge in [-0.25, -0.2) is 4.79 Å². The smallest absolute Gasteiger partial charge is 0.338 e. The number of β-amino-alcohol motifs (C(OH)–C–C–N with tert-alkyl or cyclic N) is 1. The molecule has 2 aliphatic heterocycles. The lowest BCUT2D eigenvalue weighted by molar-refractivity contribution is -0.170. The van der Waals surface area contributed by atoms with E-state index in [1.807, 2.05) is 33.8 Å². The number of hydrogen-bond acceptors (Lipinski definition) is 10. The van der Waals surface area contributed by atoms with Gasteiger partial charge in [-0.1, -0.05) is 38.0 Å². The van der Waals surface area contributed by atoms with Crippen LogP contribution in [0.1, 0.15) is 67.2 Å². The molecular weight excluding hydrogens is 534 g/mol. The number of aliphatic hydroxyl groups excluding tert-OH is 3. The molecule has 0 aromatic rings. The number of fused-ring (bicyclic) bond motifs is 2. The number of cyclic esters (lactones) is 1. The van der Waals surface area contributed by atoms with Gasteiger partial charge in [-0.2, -0.15) is 0 Å². The summed E-state index contributed by atoms with van der Waals surface area (Å²) in [5, 5.41) is 45.3. The van der Waals surface area contributed by atoms with Gasteiger partial charge in [0.2, 0.25) is 5.60 Å². The summed E-state index contributed by atoms with van der Waals surface area (Å²) in [4.78, 5) is 39.5. The Morgan fingerprint density at radius 1 is 1.17 bits per heavy atom. The molecule has 0 aliphatic carbocycles. The van der Waals surface area contributed by atoms with Gasteiger partial charge < -0.3 is 40.0 Å². The van der Waals surface area contributed by atoms with E-state index in [0.29, 0.717) is 6.42 Å². The largest absolute Gasteiger partial charge is 0.458 e. The number of ketones is 1. The van der Waals surface area contributed by atoms with Crippen molar-refractivity contribution in [2.75, 3.05) is 20.3 Å². The van der Waals surface area contributed by atoms with Crippen LogP contribution in [-0.2, 0) is 28.6 Å². The first kappa shape index (κ1) is 34.8. The monoisotopic (exact) mass is 581 g/mol. The number of esters is 1. The maximum Gasteiger partial charge on any atom is 0.338 e. The number of Topliss-reactive ketones (excluding diaryl/α,β-unsaturated/α-hetero) is 1. The number of ether oxygens (including phenoxy) is 3. The van der Waals surface area contributed by atoms with Crippen LogP contribution in [0.4, 0.5) is 0 Å². The summed E-state index contributed by atoms with van der Waals surface area (Å²) < 4.78 is 16.7. The number of hydrogen-bond donors (Lipinski definition) is 5. The minimum atomic E-state index is -2.51. The van der Waals surface area contributed by atoms with E-state index in [-0.39, 0.29) is 18.8 Å². The number of nitrogens with one attached hydrogen (secondary N) is 1. The molecule has 2 bridgehead atoms. The molecule has 232 valence electrons. The highest BCUT2D eigenvalue weighted by atomic mass is 16.6. The normalized spacial score (nSPS) is 38.1. The van der Waals surface area contributed by atoms with Crippen LogP contribution in [0.15, 0.2) is 34.9 Å². The summed E-state index contributed by atoms with van der Waals surface area (Å²) in [6, 6.07) is 0. The maximum absolute atomic E-state index is 13.5. The van der Waals surface area contributed by atoms with E-state index in [1.165, 1.54) is 7.11 Å². The molecule has 41 heavy (non-hydrogen) atoms. The number of methoxy groups -OCH3 is 1. The second-order valence-electron chi connectivity index (χ2n) is 11.5. The molecule has 0 aromatic carbocycles. The average molecular weight is 582 g/mol. The third-order valence-electron chi connectivity index (χ3n) is 7.88. The average Bonchev–Trinajstić information content (AvgIpc) is 3.24. The number of carbonyl (C=O) groups excluding carboxylic acids is 3. The molecule has 0 saturated carbocycles. The first-order valence-corrected chi connectivity index (χ1v) is 14.1. The summed E-state index contributed by atoms with van der Waals surface area (Å²) in [6.45, 7) is 9.81. The van der Waals surface area contributed by atoms with E-state index >= 15 is 0 Å². The van der Waals surface area contributed by atoms with Crippen molar-refractivity contribution in [3.05, 3.63) is 34.9 Å². The van der Waals surface area contributed by atoms with Crippen molar-refractivity contribution in [1.29, 1.82) is 0 Å². The Bertz CT molecular complexity index is 1050. The first-order valence-electron chi connectivity index (χ1n) is 14.1. The molecule has 0 saturated heterocycles. The van der Waals surface area contributed by atoms with E-state index in [1.54, 1.807) is 26.0 Å². The van der Waals surface area contributed by atoms with Gasteiger partial charge >= 0.3 is 5.97 Å². The SMILES string of the molecule is CC[C@H](C)C[C@]1(O)C(=O)C[C@@H](O)[C@@]2(C)C=C(C)[C@H](O2)/C(C)=C/C(C)=C/C[C@@H](CO)OC(=O)[C@H](OC)[C@@H](O)CNC1=O. The van der Waals surface area contributed by atoms with Gasteiger partial charge in [0.05, 0.1) is 12.7 Å². The first-order chi connectivity index (χ1) is 19.1. The Hall–Kier alpha value is -2.41. The molecule has 0 aromatic heterocycles. The van der Waals surface area contributed by atoms with E-state index < -0.39 is 79.0 Å². The fourth-order valence-electron chi connectivity index (χ4n) is 5.13. The predicted molar refractivity (Wildman–Crippen MR) is 151 cm³/mol. The fourth-order valence-corrected chi connectivity index (χ4v) is 5.13. The molecule has 11 heteroatoms. The van der Waals surface area contributed by atoms with Crippen molar-refractivity contribution in [3.8, 4) is 0 Å². The number of aliphatic hydroxyl groups is 4. The number of amides is 1. The van der Waals surface area contributed by atoms with Crippen molar-refractivity contribution in [2.45, 2.75) is 109 Å². The van der Waals surface area contributed by atoms with E-state index in [9.17, 15) is 34.8 Å². The molecule has 1 amide bonds. The molecule has 2 aliphatic rings.